The van der Waals surface area contributed by atoms with Crippen LogP contribution in [0.4, 0.5) is 0 Å². The van der Waals surface area contributed by atoms with E-state index in [1.165, 1.54) is 346 Å². The third-order valence-electron chi connectivity index (χ3n) is 33.4. The Balaban J connectivity index is 0.000000188. The van der Waals surface area contributed by atoms with E-state index in [9.17, 15) is 0 Å². The van der Waals surface area contributed by atoms with Crippen molar-refractivity contribution < 1.29 is 78.5 Å². The smallest absolute Gasteiger partial charge is 0.358 e. The second-order valence-electron chi connectivity index (χ2n) is 42.3. The summed E-state index contributed by atoms with van der Waals surface area (Å²) < 4.78 is 0. The van der Waals surface area contributed by atoms with Gasteiger partial charge in [-0.25, -0.2) is 0 Å². The second-order valence-corrected chi connectivity index (χ2v) is 42.3. The summed E-state index contributed by atoms with van der Waals surface area (Å²) in [7, 11) is 0. The standard InChI is InChI=1S/4C19H18.2C16H18.2C15H16.8CH3.2Os.2Ru/c4*1-2-6-14(5-1)17-9-10-18-11-15-7-3-4-8-16(15)12-19(18)13-17;2*1-12-10-11-15(13-6-2-3-7-13)16-9-5-4-8-14(12)16;2*1-2-6-12(5-1)15-10-9-13-7-3-4-8-14(13)11-15;;;;;;;;;;;;/h4*3-4,7-14H,1-2,5-6H2;2*4-5,8-11,13H,2-3,6-7H2,1H3;2*3-4,7-12H,1-2,5-6H2;8*1H3;;;;/q;;;;;;;;8*-1;4*+2. The largest absolute Gasteiger partial charge is 2.00 e. The molecule has 20 aromatic carbocycles. The van der Waals surface area contributed by atoms with Gasteiger partial charge in [0.1, 0.15) is 0 Å². The first kappa shape index (κ1) is 124. The molecule has 0 radical (unpaired) electrons. The van der Waals surface area contributed by atoms with Gasteiger partial charge in [0.25, 0.3) is 0 Å². The monoisotopic (exact) mass is 2510 g/mol. The summed E-state index contributed by atoms with van der Waals surface area (Å²) in [5.74, 6) is 6.48. The first-order valence-electron chi connectivity index (χ1n) is 53.8. The minimum atomic E-state index is 0. The molecule has 8 aliphatic carbocycles. The minimum Gasteiger partial charge on any atom is -0.358 e. The molecule has 0 N–H and O–H groups in total. The molecule has 8 saturated carbocycles. The molecule has 0 aliphatic heterocycles. The first-order chi connectivity index (χ1) is 68.2. The fourth-order valence-corrected chi connectivity index (χ4v) is 25.5. The van der Waals surface area contributed by atoms with Crippen LogP contribution in [0.2, 0.25) is 0 Å². The third-order valence-corrected chi connectivity index (χ3v) is 33.4. The zero-order valence-corrected chi connectivity index (χ0v) is 100. The Hall–Kier alpha value is -9.96. The van der Waals surface area contributed by atoms with E-state index in [1.807, 2.05) is 0 Å². The Morgan fingerprint density at radius 3 is 0.473 bits per heavy atom. The van der Waals surface area contributed by atoms with Crippen molar-refractivity contribution in [2.45, 2.75) is 267 Å². The quantitative estimate of drug-likeness (QED) is 0.0808. The zero-order valence-electron chi connectivity index (χ0n) is 91.5. The maximum absolute atomic E-state index is 2.41. The average Bonchev–Trinajstić information content (AvgIpc) is 0.852. The molecule has 780 valence electrons. The van der Waals surface area contributed by atoms with Crippen LogP contribution in [0.1, 0.15) is 308 Å². The van der Waals surface area contributed by atoms with Crippen LogP contribution in [-0.2, 0) is 78.5 Å². The molecule has 20 aromatic rings. The van der Waals surface area contributed by atoms with Gasteiger partial charge in [0.05, 0.1) is 0 Å². The molecule has 0 atom stereocenters. The van der Waals surface area contributed by atoms with Crippen molar-refractivity contribution in [3.05, 3.63) is 491 Å². The van der Waals surface area contributed by atoms with Crippen LogP contribution in [0.3, 0.4) is 0 Å². The van der Waals surface area contributed by atoms with Crippen LogP contribution in [-0.4, -0.2) is 0 Å². The van der Waals surface area contributed by atoms with E-state index in [-0.39, 0.29) is 138 Å². The topological polar surface area (TPSA) is 0 Å². The number of hydrogen-bond acceptors (Lipinski definition) is 0. The molecule has 8 aliphatic rings. The molecular weight excluding hydrogens is 2340 g/mol. The maximum Gasteiger partial charge on any atom is 2.00 e. The van der Waals surface area contributed by atoms with Gasteiger partial charge >= 0.3 is 78.5 Å². The summed E-state index contributed by atoms with van der Waals surface area (Å²) in [6.45, 7) is 4.42. The zero-order chi connectivity index (χ0) is 92.7. The van der Waals surface area contributed by atoms with E-state index in [2.05, 4.69) is 390 Å². The van der Waals surface area contributed by atoms with Gasteiger partial charge < -0.3 is 59.4 Å². The Labute approximate surface area is 956 Å². The van der Waals surface area contributed by atoms with Crippen molar-refractivity contribution in [2.24, 2.45) is 0 Å². The number of rotatable bonds is 8. The van der Waals surface area contributed by atoms with E-state index in [0.717, 1.165) is 47.3 Å². The molecule has 0 aromatic heterocycles. The van der Waals surface area contributed by atoms with Crippen LogP contribution in [0.25, 0.3) is 129 Å². The van der Waals surface area contributed by atoms with E-state index >= 15 is 0 Å². The predicted octanol–water partition coefficient (Wildman–Crippen LogP) is 44.8. The van der Waals surface area contributed by atoms with Crippen molar-refractivity contribution >= 4 is 129 Å². The van der Waals surface area contributed by atoms with Crippen LogP contribution in [0, 0.1) is 73.3 Å². The molecular formula is C146H164Os2Ru2. The number of aryl methyl sites for hydroxylation is 2. The van der Waals surface area contributed by atoms with Gasteiger partial charge in [-0.15, -0.1) is 0 Å². The summed E-state index contributed by atoms with van der Waals surface area (Å²) in [5, 5.41) is 33.1. The Morgan fingerprint density at radius 1 is 0.133 bits per heavy atom. The van der Waals surface area contributed by atoms with Crippen molar-refractivity contribution in [2.75, 3.05) is 0 Å². The summed E-state index contributed by atoms with van der Waals surface area (Å²) in [6, 6.07) is 140. The fourth-order valence-electron chi connectivity index (χ4n) is 25.5. The normalized spacial score (nSPS) is 15.4. The summed E-state index contributed by atoms with van der Waals surface area (Å²) in [4.78, 5) is 0. The van der Waals surface area contributed by atoms with Gasteiger partial charge in [0.2, 0.25) is 0 Å². The van der Waals surface area contributed by atoms with Crippen LogP contribution >= 0.6 is 0 Å². The number of benzene rings is 20. The van der Waals surface area contributed by atoms with E-state index in [1.54, 1.807) is 44.5 Å². The van der Waals surface area contributed by atoms with E-state index in [4.69, 9.17) is 0 Å². The molecule has 28 rings (SSSR count). The predicted molar refractivity (Wildman–Crippen MR) is 652 cm³/mol. The summed E-state index contributed by atoms with van der Waals surface area (Å²) in [6.07, 6.45) is 44.6. The van der Waals surface area contributed by atoms with Gasteiger partial charge in [0, 0.05) is 0 Å². The molecule has 0 amide bonds. The van der Waals surface area contributed by atoms with Crippen LogP contribution < -0.4 is 0 Å². The van der Waals surface area contributed by atoms with Gasteiger partial charge in [-0.1, -0.05) is 430 Å². The molecule has 8 fully saturated rings. The molecule has 4 heteroatoms. The molecule has 0 heterocycles. The fraction of sp³-hybridized carbons (Fsp3) is 0.288. The van der Waals surface area contributed by atoms with Crippen LogP contribution in [0.5, 0.6) is 0 Å². The van der Waals surface area contributed by atoms with Crippen molar-refractivity contribution in [3.63, 3.8) is 0 Å². The molecule has 0 bridgehead atoms. The van der Waals surface area contributed by atoms with E-state index in [0.29, 0.717) is 0 Å². The van der Waals surface area contributed by atoms with Crippen molar-refractivity contribution in [1.29, 1.82) is 0 Å². The second kappa shape index (κ2) is 60.1. The molecule has 0 saturated heterocycles. The van der Waals surface area contributed by atoms with Gasteiger partial charge in [0.15, 0.2) is 0 Å². The first-order valence-corrected chi connectivity index (χ1v) is 53.8. The van der Waals surface area contributed by atoms with Crippen molar-refractivity contribution in [1.82, 2.24) is 0 Å². The van der Waals surface area contributed by atoms with Gasteiger partial charge in [-0.2, -0.15) is 0 Å². The number of fused-ring (bicyclic) bond motifs is 12. The van der Waals surface area contributed by atoms with Gasteiger partial charge in [-0.3, -0.25) is 0 Å². The van der Waals surface area contributed by atoms with Gasteiger partial charge in [-0.05, 0) is 397 Å². The molecule has 0 nitrogen and oxygen atoms in total. The molecule has 0 unspecified atom stereocenters. The molecule has 0 spiro atoms. The third kappa shape index (κ3) is 30.0. The Kier molecular flexibility index (Phi) is 49.5. The Bertz CT molecular complexity index is 6870. The average molecular weight is 2500 g/mol. The Morgan fingerprint density at radius 2 is 0.273 bits per heavy atom. The van der Waals surface area contributed by atoms with Crippen molar-refractivity contribution in [3.8, 4) is 0 Å². The SMILES string of the molecule is Cc1ccc(C2CCCC2)c2ccccc12.Cc1ccc(C2CCCC2)c2ccccc12.[CH3-].[CH3-].[CH3-].[CH3-].[CH3-].[CH3-].[CH3-].[CH3-].[Os+2].[Os+2].[Ru+2].[Ru+2].c1ccc2cc(C3CCCC3)ccc2c1.c1ccc2cc(C3CCCC3)ccc2c1.c1ccc2cc3cc(C4CCCC4)ccc3cc2c1.c1ccc2cc3cc(C4CCCC4)ccc3cc2c1.c1ccc2cc3cc(C4CCCC4)ccc3cc2c1.c1ccc2cc3cc(C4CCCC4)ccc3cc2c1. The van der Waals surface area contributed by atoms with Crippen LogP contribution in [0.15, 0.2) is 376 Å². The maximum atomic E-state index is 2.41. The summed E-state index contributed by atoms with van der Waals surface area (Å²) in [5.41, 5.74) is 15.2. The molecule has 150 heavy (non-hydrogen) atoms. The number of hydrogen-bond donors (Lipinski definition) is 0. The summed E-state index contributed by atoms with van der Waals surface area (Å²) >= 11 is 0. The minimum absolute atomic E-state index is 0. The van der Waals surface area contributed by atoms with E-state index < -0.39 is 0 Å².